The summed E-state index contributed by atoms with van der Waals surface area (Å²) in [5, 5.41) is 4.05. The van der Waals surface area contributed by atoms with Gasteiger partial charge in [0.15, 0.2) is 5.13 Å². The average Bonchev–Trinajstić information content (AvgIpc) is 3.29. The fourth-order valence-corrected chi connectivity index (χ4v) is 6.68. The second-order valence-corrected chi connectivity index (χ2v) is 11.9. The lowest BCUT2D eigenvalue weighted by Crippen LogP contribution is -2.26. The number of sulfonamides is 1. The number of carbonyl (C=O) groups excluding carboxylic acids is 1. The molecule has 0 spiro atoms. The number of anilines is 2. The Labute approximate surface area is 230 Å². The van der Waals surface area contributed by atoms with E-state index >= 15 is 0 Å². The van der Waals surface area contributed by atoms with Gasteiger partial charge >= 0.3 is 5.97 Å². The van der Waals surface area contributed by atoms with Crippen LogP contribution in [0.2, 0.25) is 0 Å². The Morgan fingerprint density at radius 2 is 1.92 bits per heavy atom. The van der Waals surface area contributed by atoms with Crippen LogP contribution in [0.3, 0.4) is 0 Å². The molecule has 0 saturated heterocycles. The molecule has 210 valence electrons. The van der Waals surface area contributed by atoms with Crippen molar-refractivity contribution in [1.29, 1.82) is 0 Å². The Bertz CT molecular complexity index is 1440. The van der Waals surface area contributed by atoms with E-state index in [1.54, 1.807) is 0 Å². The van der Waals surface area contributed by atoms with E-state index < -0.39 is 27.3 Å². The molecular weight excluding hydrogens is 550 g/mol. The highest BCUT2D eigenvalue weighted by molar-refractivity contribution is 7.92. The van der Waals surface area contributed by atoms with Crippen LogP contribution in [0.4, 0.5) is 19.6 Å². The van der Waals surface area contributed by atoms with Crippen molar-refractivity contribution < 1.29 is 31.5 Å². The van der Waals surface area contributed by atoms with Crippen molar-refractivity contribution in [3.8, 4) is 16.3 Å². The van der Waals surface area contributed by atoms with Crippen molar-refractivity contribution in [2.24, 2.45) is 11.8 Å². The molecule has 9 nitrogen and oxygen atoms in total. The summed E-state index contributed by atoms with van der Waals surface area (Å²) < 4.78 is 66.1. The Balaban J connectivity index is 1.48. The van der Waals surface area contributed by atoms with Gasteiger partial charge in [0.2, 0.25) is 5.88 Å². The quantitative estimate of drug-likeness (QED) is 0.307. The van der Waals surface area contributed by atoms with Gasteiger partial charge in [-0.15, -0.1) is 0 Å². The van der Waals surface area contributed by atoms with Crippen molar-refractivity contribution in [3.63, 3.8) is 0 Å². The van der Waals surface area contributed by atoms with Gasteiger partial charge in [0, 0.05) is 24.4 Å². The van der Waals surface area contributed by atoms with Crippen LogP contribution in [0, 0.1) is 30.4 Å². The topological polar surface area (TPSA) is 120 Å². The number of pyridine rings is 1. The molecule has 3 aromatic rings. The van der Waals surface area contributed by atoms with Crippen LogP contribution >= 0.6 is 11.3 Å². The molecule has 2 N–H and O–H groups in total. The zero-order valence-corrected chi connectivity index (χ0v) is 23.4. The van der Waals surface area contributed by atoms with Gasteiger partial charge in [0.25, 0.3) is 10.0 Å². The molecule has 1 aromatic carbocycles. The van der Waals surface area contributed by atoms with E-state index in [0.29, 0.717) is 46.4 Å². The van der Waals surface area contributed by atoms with E-state index in [9.17, 15) is 22.0 Å². The lowest BCUT2D eigenvalue weighted by Gasteiger charge is -2.27. The molecule has 2 heterocycles. The maximum atomic E-state index is 14.1. The fraction of sp³-hybridized carbons (Fsp3) is 0.423. The van der Waals surface area contributed by atoms with Crippen LogP contribution in [0.25, 0.3) is 10.4 Å². The van der Waals surface area contributed by atoms with Crippen molar-refractivity contribution in [1.82, 2.24) is 9.97 Å². The van der Waals surface area contributed by atoms with Gasteiger partial charge in [-0.25, -0.2) is 27.2 Å². The van der Waals surface area contributed by atoms with Gasteiger partial charge in [-0.1, -0.05) is 11.3 Å². The number of nitrogens with zero attached hydrogens (tertiary/aromatic N) is 2. The Morgan fingerprint density at radius 1 is 1.18 bits per heavy atom. The normalized spacial score (nSPS) is 17.5. The smallest absolute Gasteiger partial charge is 0.308 e. The van der Waals surface area contributed by atoms with Crippen molar-refractivity contribution in [3.05, 3.63) is 47.8 Å². The minimum atomic E-state index is -4.33. The first-order chi connectivity index (χ1) is 18.6. The van der Waals surface area contributed by atoms with Crippen LogP contribution in [0.1, 0.15) is 38.3 Å². The first kappa shape index (κ1) is 28.7. The van der Waals surface area contributed by atoms with E-state index in [1.165, 1.54) is 30.7 Å². The third-order valence-electron chi connectivity index (χ3n) is 6.54. The largest absolute Gasteiger partial charge is 0.480 e. The molecule has 0 atom stereocenters. The number of hydrogen-bond donors (Lipinski definition) is 2. The third-order valence-corrected chi connectivity index (χ3v) is 9.07. The molecule has 1 aliphatic carbocycles. The molecular formula is C26H30F2N4O5S2. The number of methoxy groups -OCH3 is 1. The lowest BCUT2D eigenvalue weighted by atomic mass is 9.82. The molecule has 13 heteroatoms. The molecule has 1 fully saturated rings. The first-order valence-electron chi connectivity index (χ1n) is 12.5. The number of benzene rings is 1. The molecule has 0 unspecified atom stereocenters. The summed E-state index contributed by atoms with van der Waals surface area (Å²) >= 11 is 1.36. The average molecular weight is 581 g/mol. The predicted molar refractivity (Wildman–Crippen MR) is 144 cm³/mol. The van der Waals surface area contributed by atoms with Crippen LogP contribution < -0.4 is 14.8 Å². The highest BCUT2D eigenvalue weighted by atomic mass is 32.2. The zero-order valence-electron chi connectivity index (χ0n) is 21.8. The van der Waals surface area contributed by atoms with Gasteiger partial charge in [-0.05, 0) is 63.6 Å². The number of aromatic nitrogens is 2. The second-order valence-electron chi connectivity index (χ2n) is 9.25. The van der Waals surface area contributed by atoms with Crippen molar-refractivity contribution in [2.75, 3.05) is 30.3 Å². The lowest BCUT2D eigenvalue weighted by molar-refractivity contribution is -0.149. The van der Waals surface area contributed by atoms with E-state index in [0.717, 1.165) is 37.8 Å². The number of thiazole rings is 1. The predicted octanol–water partition coefficient (Wildman–Crippen LogP) is 5.38. The summed E-state index contributed by atoms with van der Waals surface area (Å²) in [7, 11) is -3.05. The van der Waals surface area contributed by atoms with Crippen LogP contribution in [-0.4, -0.2) is 44.6 Å². The van der Waals surface area contributed by atoms with Gasteiger partial charge in [-0.3, -0.25) is 9.52 Å². The van der Waals surface area contributed by atoms with Gasteiger partial charge in [0.05, 0.1) is 35.9 Å². The second kappa shape index (κ2) is 12.2. The van der Waals surface area contributed by atoms with E-state index in [-0.39, 0.29) is 22.7 Å². The fourth-order valence-electron chi connectivity index (χ4n) is 4.51. The molecule has 1 aliphatic rings. The molecule has 2 aromatic heterocycles. The highest BCUT2D eigenvalue weighted by Crippen LogP contribution is 2.37. The third kappa shape index (κ3) is 6.82. The Morgan fingerprint density at radius 3 is 2.59 bits per heavy atom. The molecule has 0 bridgehead atoms. The number of hydrogen-bond acceptors (Lipinski definition) is 9. The molecule has 0 amide bonds. The number of aryl methyl sites for hydroxylation is 1. The SMILES string of the molecule is CCOC(=O)C1CCC(CNc2nc(C)c(-c3cnc(OC)c(S(=O)(=O)Nc4ccc(F)cc4F)c3)s2)CC1. The summed E-state index contributed by atoms with van der Waals surface area (Å²) in [5.74, 6) is -1.79. The number of nitrogens with one attached hydrogen (secondary N) is 2. The summed E-state index contributed by atoms with van der Waals surface area (Å²) in [6.45, 7) is 4.72. The first-order valence-corrected chi connectivity index (χ1v) is 14.8. The number of ether oxygens (including phenoxy) is 2. The zero-order chi connectivity index (χ0) is 28.2. The number of esters is 1. The molecule has 4 rings (SSSR count). The summed E-state index contributed by atoms with van der Waals surface area (Å²) in [4.78, 5) is 21.1. The van der Waals surface area contributed by atoms with E-state index in [1.807, 2.05) is 13.8 Å². The minimum absolute atomic E-state index is 0.0306. The Kier molecular flexibility index (Phi) is 9.01. The monoisotopic (exact) mass is 580 g/mol. The maximum Gasteiger partial charge on any atom is 0.308 e. The van der Waals surface area contributed by atoms with Crippen molar-refractivity contribution in [2.45, 2.75) is 44.4 Å². The summed E-state index contributed by atoms with van der Waals surface area (Å²) in [5.41, 5.74) is 0.774. The minimum Gasteiger partial charge on any atom is -0.480 e. The number of rotatable bonds is 10. The molecule has 0 aliphatic heterocycles. The van der Waals surface area contributed by atoms with Crippen LogP contribution in [0.5, 0.6) is 5.88 Å². The van der Waals surface area contributed by atoms with Gasteiger partial charge < -0.3 is 14.8 Å². The Hall–Kier alpha value is -3.32. The van der Waals surface area contributed by atoms with Crippen LogP contribution in [0.15, 0.2) is 35.4 Å². The van der Waals surface area contributed by atoms with E-state index in [4.69, 9.17) is 9.47 Å². The molecule has 0 radical (unpaired) electrons. The highest BCUT2D eigenvalue weighted by Gasteiger charge is 2.28. The maximum absolute atomic E-state index is 14.1. The summed E-state index contributed by atoms with van der Waals surface area (Å²) in [6.07, 6.45) is 4.92. The standard InChI is InChI=1S/C26H30F2N4O5S2/c1-4-37-25(33)17-7-5-16(6-8-17)13-30-26-31-15(2)23(38-26)18-11-22(24(36-3)29-14-18)39(34,35)32-21-10-9-19(27)12-20(21)28/h9-12,14,16-17,32H,4-8,13H2,1-3H3,(H,30,31). The molecule has 1 saturated carbocycles. The number of carbonyl (C=O) groups is 1. The van der Waals surface area contributed by atoms with Crippen LogP contribution in [-0.2, 0) is 19.6 Å². The van der Waals surface area contributed by atoms with E-state index in [2.05, 4.69) is 20.0 Å². The molecule has 39 heavy (non-hydrogen) atoms. The van der Waals surface area contributed by atoms with Crippen molar-refractivity contribution >= 4 is 38.1 Å². The summed E-state index contributed by atoms with van der Waals surface area (Å²) in [6, 6.07) is 3.93. The number of halogens is 2. The van der Waals surface area contributed by atoms with Gasteiger partial charge in [0.1, 0.15) is 16.5 Å². The van der Waals surface area contributed by atoms with Gasteiger partial charge in [-0.2, -0.15) is 0 Å².